The molecule has 0 fully saturated rings. The number of nitrogens with zero attached hydrogens (tertiary/aromatic N) is 3. The number of fused-ring (bicyclic) bond motifs is 3. The van der Waals surface area contributed by atoms with Gasteiger partial charge in [0.15, 0.2) is 0 Å². The largest absolute Gasteiger partial charge is 0.292 e. The van der Waals surface area contributed by atoms with Crippen molar-refractivity contribution in [3.63, 3.8) is 0 Å². The van der Waals surface area contributed by atoms with E-state index in [0.29, 0.717) is 0 Å². The first-order valence-electron chi connectivity index (χ1n) is 6.62. The molecule has 0 radical (unpaired) electrons. The molecule has 4 rings (SSSR count). The lowest BCUT2D eigenvalue weighted by atomic mass is 10.2. The molecule has 0 atom stereocenters. The van der Waals surface area contributed by atoms with Gasteiger partial charge in [-0.05, 0) is 37.3 Å². The van der Waals surface area contributed by atoms with E-state index in [4.69, 9.17) is 0 Å². The van der Waals surface area contributed by atoms with Gasteiger partial charge in [-0.15, -0.1) is 0 Å². The van der Waals surface area contributed by atoms with Crippen LogP contribution in [0.1, 0.15) is 5.69 Å². The highest BCUT2D eigenvalue weighted by atomic mass is 15.0. The molecule has 0 bridgehead atoms. The predicted molar refractivity (Wildman–Crippen MR) is 81.1 cm³/mol. The van der Waals surface area contributed by atoms with Crippen molar-refractivity contribution in [2.75, 3.05) is 0 Å². The fourth-order valence-electron chi connectivity index (χ4n) is 2.65. The lowest BCUT2D eigenvalue weighted by Crippen LogP contribution is -1.96. The van der Waals surface area contributed by atoms with Gasteiger partial charge in [0.2, 0.25) is 0 Å². The monoisotopic (exact) mass is 259 g/mol. The fourth-order valence-corrected chi connectivity index (χ4v) is 2.65. The Balaban J connectivity index is 2.17. The standard InChI is InChI=1S/C17H13N3/c1-12-8-9-13(11-19-12)20-16-7-3-2-5-14(16)15-6-4-10-18-17(15)20/h2-11H,1H3. The highest BCUT2D eigenvalue weighted by Crippen LogP contribution is 2.29. The molecule has 0 amide bonds. The number of aromatic nitrogens is 3. The van der Waals surface area contributed by atoms with Crippen LogP contribution in [0.5, 0.6) is 0 Å². The minimum Gasteiger partial charge on any atom is -0.292 e. The number of rotatable bonds is 1. The lowest BCUT2D eigenvalue weighted by molar-refractivity contribution is 1.09. The molecule has 4 aromatic rings. The molecule has 0 N–H and O–H groups in total. The van der Waals surface area contributed by atoms with Crippen LogP contribution in [0.4, 0.5) is 0 Å². The summed E-state index contributed by atoms with van der Waals surface area (Å²) in [6, 6.07) is 16.6. The van der Waals surface area contributed by atoms with Gasteiger partial charge in [-0.25, -0.2) is 4.98 Å². The smallest absolute Gasteiger partial charge is 0.145 e. The van der Waals surface area contributed by atoms with Gasteiger partial charge >= 0.3 is 0 Å². The van der Waals surface area contributed by atoms with Crippen molar-refractivity contribution < 1.29 is 0 Å². The molecule has 1 aromatic carbocycles. The van der Waals surface area contributed by atoms with E-state index in [2.05, 4.69) is 50.9 Å². The first-order chi connectivity index (χ1) is 9.84. The van der Waals surface area contributed by atoms with Gasteiger partial charge in [0, 0.05) is 22.7 Å². The number of para-hydroxylation sites is 1. The molecule has 0 saturated carbocycles. The van der Waals surface area contributed by atoms with Crippen LogP contribution in [0.2, 0.25) is 0 Å². The fraction of sp³-hybridized carbons (Fsp3) is 0.0588. The first kappa shape index (κ1) is 11.2. The molecule has 20 heavy (non-hydrogen) atoms. The van der Waals surface area contributed by atoms with Crippen LogP contribution in [0, 0.1) is 6.92 Å². The van der Waals surface area contributed by atoms with Crippen LogP contribution in [0.3, 0.4) is 0 Å². The zero-order valence-electron chi connectivity index (χ0n) is 11.1. The summed E-state index contributed by atoms with van der Waals surface area (Å²) in [6.45, 7) is 1.99. The summed E-state index contributed by atoms with van der Waals surface area (Å²) in [6.07, 6.45) is 3.73. The van der Waals surface area contributed by atoms with E-state index in [1.165, 1.54) is 10.8 Å². The van der Waals surface area contributed by atoms with Gasteiger partial charge in [0.05, 0.1) is 17.4 Å². The van der Waals surface area contributed by atoms with Crippen molar-refractivity contribution in [3.8, 4) is 5.69 Å². The molecule has 3 aromatic heterocycles. The highest BCUT2D eigenvalue weighted by Gasteiger charge is 2.12. The van der Waals surface area contributed by atoms with E-state index < -0.39 is 0 Å². The molecule has 0 aliphatic carbocycles. The average molecular weight is 259 g/mol. The van der Waals surface area contributed by atoms with E-state index >= 15 is 0 Å². The van der Waals surface area contributed by atoms with Gasteiger partial charge in [0.25, 0.3) is 0 Å². The summed E-state index contributed by atoms with van der Waals surface area (Å²) < 4.78 is 2.16. The molecule has 96 valence electrons. The van der Waals surface area contributed by atoms with Gasteiger partial charge in [-0.1, -0.05) is 18.2 Å². The average Bonchev–Trinajstić information content (AvgIpc) is 2.83. The maximum absolute atomic E-state index is 4.55. The number of aryl methyl sites for hydroxylation is 1. The van der Waals surface area contributed by atoms with Gasteiger partial charge in [0.1, 0.15) is 5.65 Å². The van der Waals surface area contributed by atoms with Crippen LogP contribution in [0.15, 0.2) is 60.9 Å². The molecular weight excluding hydrogens is 246 g/mol. The summed E-state index contributed by atoms with van der Waals surface area (Å²) in [5.74, 6) is 0. The molecule has 0 aliphatic heterocycles. The van der Waals surface area contributed by atoms with Crippen LogP contribution in [-0.2, 0) is 0 Å². The summed E-state index contributed by atoms with van der Waals surface area (Å²) in [7, 11) is 0. The first-order valence-corrected chi connectivity index (χ1v) is 6.62. The molecule has 3 nitrogen and oxygen atoms in total. The van der Waals surface area contributed by atoms with Crippen molar-refractivity contribution in [2.45, 2.75) is 6.92 Å². The topological polar surface area (TPSA) is 30.7 Å². The SMILES string of the molecule is Cc1ccc(-n2c3ccccc3c3cccnc32)cn1. The third-order valence-corrected chi connectivity index (χ3v) is 3.59. The van der Waals surface area contributed by atoms with E-state index in [9.17, 15) is 0 Å². The zero-order chi connectivity index (χ0) is 13.5. The third-order valence-electron chi connectivity index (χ3n) is 3.59. The van der Waals surface area contributed by atoms with Gasteiger partial charge in [-0.3, -0.25) is 9.55 Å². The molecule has 0 saturated heterocycles. The third kappa shape index (κ3) is 1.53. The Morgan fingerprint density at radius 2 is 1.70 bits per heavy atom. The van der Waals surface area contributed by atoms with E-state index in [1.54, 1.807) is 0 Å². The van der Waals surface area contributed by atoms with Crippen molar-refractivity contribution >= 4 is 21.9 Å². The normalized spacial score (nSPS) is 11.2. The Morgan fingerprint density at radius 1 is 0.850 bits per heavy atom. The molecule has 0 spiro atoms. The quantitative estimate of drug-likeness (QED) is 0.519. The van der Waals surface area contributed by atoms with Crippen molar-refractivity contribution in [1.82, 2.24) is 14.5 Å². The molecule has 3 heteroatoms. The maximum Gasteiger partial charge on any atom is 0.145 e. The number of pyridine rings is 2. The minimum absolute atomic E-state index is 0.972. The van der Waals surface area contributed by atoms with Crippen molar-refractivity contribution in [1.29, 1.82) is 0 Å². The van der Waals surface area contributed by atoms with Crippen molar-refractivity contribution in [2.24, 2.45) is 0 Å². The lowest BCUT2D eigenvalue weighted by Gasteiger charge is -2.06. The van der Waals surface area contributed by atoms with E-state index in [0.717, 1.165) is 22.5 Å². The minimum atomic E-state index is 0.972. The second kappa shape index (κ2) is 4.17. The number of benzene rings is 1. The summed E-state index contributed by atoms with van der Waals surface area (Å²) in [4.78, 5) is 8.95. The van der Waals surface area contributed by atoms with Crippen LogP contribution < -0.4 is 0 Å². The Kier molecular flexibility index (Phi) is 2.33. The van der Waals surface area contributed by atoms with Gasteiger partial charge in [-0.2, -0.15) is 0 Å². The zero-order valence-corrected chi connectivity index (χ0v) is 11.1. The second-order valence-electron chi connectivity index (χ2n) is 4.88. The Hall–Kier alpha value is -2.68. The van der Waals surface area contributed by atoms with Crippen molar-refractivity contribution in [3.05, 3.63) is 66.6 Å². The molecular formula is C17H13N3. The molecule has 3 heterocycles. The Labute approximate surface area is 116 Å². The van der Waals surface area contributed by atoms with E-state index in [-0.39, 0.29) is 0 Å². The second-order valence-corrected chi connectivity index (χ2v) is 4.88. The summed E-state index contributed by atoms with van der Waals surface area (Å²) in [5.41, 5.74) is 4.19. The number of hydrogen-bond donors (Lipinski definition) is 0. The predicted octanol–water partition coefficient (Wildman–Crippen LogP) is 3.88. The number of hydrogen-bond acceptors (Lipinski definition) is 2. The molecule has 0 unspecified atom stereocenters. The van der Waals surface area contributed by atoms with Crippen LogP contribution >= 0.6 is 0 Å². The van der Waals surface area contributed by atoms with Gasteiger partial charge < -0.3 is 0 Å². The maximum atomic E-state index is 4.55. The van der Waals surface area contributed by atoms with Crippen LogP contribution in [-0.4, -0.2) is 14.5 Å². The highest BCUT2D eigenvalue weighted by molar-refractivity contribution is 6.07. The van der Waals surface area contributed by atoms with E-state index in [1.807, 2.05) is 31.5 Å². The van der Waals surface area contributed by atoms with Crippen LogP contribution in [0.25, 0.3) is 27.6 Å². The Morgan fingerprint density at radius 3 is 2.55 bits per heavy atom. The summed E-state index contributed by atoms with van der Waals surface area (Å²) >= 11 is 0. The molecule has 0 aliphatic rings. The summed E-state index contributed by atoms with van der Waals surface area (Å²) in [5, 5.41) is 2.39. The Bertz CT molecular complexity index is 851.